The van der Waals surface area contributed by atoms with E-state index in [-0.39, 0.29) is 5.92 Å². The fraction of sp³-hybridized carbons (Fsp3) is 0.611. The van der Waals surface area contributed by atoms with Crippen LogP contribution in [0.3, 0.4) is 0 Å². The molecule has 0 heterocycles. The third-order valence-electron chi connectivity index (χ3n) is 3.95. The Hall–Kier alpha value is -0.870. The largest absolute Gasteiger partial charge is 0.481 e. The molecule has 1 aromatic rings. The number of hydrogen-bond donors (Lipinski definition) is 2. The maximum Gasteiger partial charge on any atom is 0.307 e. The topological polar surface area (TPSA) is 49.3 Å². The summed E-state index contributed by atoms with van der Waals surface area (Å²) in [6.45, 7) is 6.85. The number of hydrogen-bond acceptors (Lipinski definition) is 2. The summed E-state index contributed by atoms with van der Waals surface area (Å²) in [7, 11) is 0. The Bertz CT molecular complexity index is 445. The van der Waals surface area contributed by atoms with Gasteiger partial charge in [-0.25, -0.2) is 0 Å². The second kappa shape index (κ2) is 10.0. The summed E-state index contributed by atoms with van der Waals surface area (Å²) in [5, 5.41) is 12.7. The van der Waals surface area contributed by atoms with Gasteiger partial charge in [0, 0.05) is 17.1 Å². The lowest BCUT2D eigenvalue weighted by molar-refractivity contribution is -0.142. The molecule has 0 saturated carbocycles. The van der Waals surface area contributed by atoms with Gasteiger partial charge in [0.15, 0.2) is 0 Å². The zero-order valence-corrected chi connectivity index (χ0v) is 15.4. The van der Waals surface area contributed by atoms with Gasteiger partial charge in [0.2, 0.25) is 0 Å². The molecule has 22 heavy (non-hydrogen) atoms. The predicted molar refractivity (Wildman–Crippen MR) is 95.1 cm³/mol. The molecule has 2 unspecified atom stereocenters. The summed E-state index contributed by atoms with van der Waals surface area (Å²) in [5.74, 6) is -0.573. The van der Waals surface area contributed by atoms with Gasteiger partial charge in [-0.3, -0.25) is 4.79 Å². The van der Waals surface area contributed by atoms with Crippen LogP contribution in [-0.4, -0.2) is 23.7 Å². The molecule has 0 saturated heterocycles. The van der Waals surface area contributed by atoms with Crippen molar-refractivity contribution in [1.29, 1.82) is 0 Å². The summed E-state index contributed by atoms with van der Waals surface area (Å²) in [6, 6.07) is 8.77. The molecule has 0 radical (unpaired) electrons. The zero-order chi connectivity index (χ0) is 16.5. The monoisotopic (exact) mass is 369 g/mol. The van der Waals surface area contributed by atoms with Gasteiger partial charge in [-0.05, 0) is 49.3 Å². The Labute approximate surface area is 142 Å². The maximum absolute atomic E-state index is 11.3. The molecule has 1 rings (SSSR count). The van der Waals surface area contributed by atoms with E-state index >= 15 is 0 Å². The number of benzene rings is 1. The standard InChI is InChI=1S/C18H28BrNO2/c1-4-17(10-7-14-5-8-16(19)9-6-14)20-12-15(18(21)22)11-13(2)3/h5-6,8-9,13,15,17,20H,4,7,10-12H2,1-3H3,(H,21,22). The average Bonchev–Trinajstić information content (AvgIpc) is 2.47. The van der Waals surface area contributed by atoms with E-state index in [4.69, 9.17) is 0 Å². The van der Waals surface area contributed by atoms with Crippen molar-refractivity contribution in [2.24, 2.45) is 11.8 Å². The van der Waals surface area contributed by atoms with Crippen molar-refractivity contribution in [2.45, 2.75) is 52.5 Å². The zero-order valence-electron chi connectivity index (χ0n) is 13.8. The van der Waals surface area contributed by atoms with Crippen LogP contribution in [0.1, 0.15) is 45.6 Å². The fourth-order valence-electron chi connectivity index (χ4n) is 2.59. The lowest BCUT2D eigenvalue weighted by atomic mass is 9.96. The SMILES string of the molecule is CCC(CCc1ccc(Br)cc1)NCC(CC(C)C)C(=O)O. The highest BCUT2D eigenvalue weighted by Crippen LogP contribution is 2.15. The highest BCUT2D eigenvalue weighted by molar-refractivity contribution is 9.10. The first-order chi connectivity index (χ1) is 10.4. The second-order valence-electron chi connectivity index (χ2n) is 6.34. The predicted octanol–water partition coefficient (Wildman–Crippen LogP) is 4.50. The number of rotatable bonds is 10. The van der Waals surface area contributed by atoms with Crippen LogP contribution in [-0.2, 0) is 11.2 Å². The average molecular weight is 370 g/mol. The first-order valence-electron chi connectivity index (χ1n) is 8.13. The molecule has 1 aromatic carbocycles. The number of halogens is 1. The number of nitrogens with one attached hydrogen (secondary N) is 1. The summed E-state index contributed by atoms with van der Waals surface area (Å²) in [5.41, 5.74) is 1.32. The van der Waals surface area contributed by atoms with Crippen molar-refractivity contribution in [3.8, 4) is 0 Å². The Morgan fingerprint density at radius 1 is 1.27 bits per heavy atom. The molecule has 0 aliphatic heterocycles. The first-order valence-corrected chi connectivity index (χ1v) is 8.92. The van der Waals surface area contributed by atoms with Gasteiger partial charge >= 0.3 is 5.97 Å². The molecule has 0 fully saturated rings. The van der Waals surface area contributed by atoms with Crippen LogP contribution in [0.5, 0.6) is 0 Å². The van der Waals surface area contributed by atoms with Crippen LogP contribution in [0, 0.1) is 11.8 Å². The third-order valence-corrected chi connectivity index (χ3v) is 4.47. The summed E-state index contributed by atoms with van der Waals surface area (Å²) in [4.78, 5) is 11.3. The molecule has 2 N–H and O–H groups in total. The van der Waals surface area contributed by atoms with Gasteiger partial charge in [0.1, 0.15) is 0 Å². The number of aliphatic carboxylic acids is 1. The molecule has 0 amide bonds. The molecular formula is C18H28BrNO2. The van der Waals surface area contributed by atoms with Gasteiger partial charge in [-0.15, -0.1) is 0 Å². The number of carboxylic acid groups (broad SMARTS) is 1. The van der Waals surface area contributed by atoms with Gasteiger partial charge < -0.3 is 10.4 Å². The van der Waals surface area contributed by atoms with E-state index in [0.29, 0.717) is 18.5 Å². The minimum absolute atomic E-state index is 0.290. The molecule has 3 nitrogen and oxygen atoms in total. The minimum Gasteiger partial charge on any atom is -0.481 e. The van der Waals surface area contributed by atoms with Crippen LogP contribution in [0.25, 0.3) is 0 Å². The summed E-state index contributed by atoms with van der Waals surface area (Å²) < 4.78 is 1.10. The molecule has 124 valence electrons. The van der Waals surface area contributed by atoms with E-state index in [1.165, 1.54) is 5.56 Å². The normalized spacial score (nSPS) is 14.0. The fourth-order valence-corrected chi connectivity index (χ4v) is 2.86. The van der Waals surface area contributed by atoms with E-state index in [9.17, 15) is 9.90 Å². The van der Waals surface area contributed by atoms with Crippen molar-refractivity contribution in [3.05, 3.63) is 34.3 Å². The van der Waals surface area contributed by atoms with Crippen molar-refractivity contribution in [1.82, 2.24) is 5.32 Å². The van der Waals surface area contributed by atoms with Crippen molar-refractivity contribution in [2.75, 3.05) is 6.54 Å². The Morgan fingerprint density at radius 3 is 2.41 bits per heavy atom. The molecule has 2 atom stereocenters. The van der Waals surface area contributed by atoms with Crippen LogP contribution in [0.15, 0.2) is 28.7 Å². The molecular weight excluding hydrogens is 342 g/mol. The van der Waals surface area contributed by atoms with Crippen molar-refractivity contribution in [3.63, 3.8) is 0 Å². The number of aryl methyl sites for hydroxylation is 1. The molecule has 0 spiro atoms. The number of carbonyl (C=O) groups is 1. The van der Waals surface area contributed by atoms with Gasteiger partial charge in [0.25, 0.3) is 0 Å². The van der Waals surface area contributed by atoms with Gasteiger partial charge in [-0.2, -0.15) is 0 Å². The molecule has 0 bridgehead atoms. The Morgan fingerprint density at radius 2 is 1.91 bits per heavy atom. The highest BCUT2D eigenvalue weighted by Gasteiger charge is 2.19. The summed E-state index contributed by atoms with van der Waals surface area (Å²) in [6.07, 6.45) is 3.79. The quantitative estimate of drug-likeness (QED) is 0.638. The van der Waals surface area contributed by atoms with Crippen LogP contribution < -0.4 is 5.32 Å². The first kappa shape index (κ1) is 19.2. The van der Waals surface area contributed by atoms with Crippen molar-refractivity contribution >= 4 is 21.9 Å². The van der Waals surface area contributed by atoms with E-state index < -0.39 is 5.97 Å². The number of carboxylic acids is 1. The van der Waals surface area contributed by atoms with Crippen LogP contribution in [0.4, 0.5) is 0 Å². The van der Waals surface area contributed by atoms with Gasteiger partial charge in [-0.1, -0.05) is 48.8 Å². The van der Waals surface area contributed by atoms with E-state index in [1.807, 2.05) is 0 Å². The second-order valence-corrected chi connectivity index (χ2v) is 7.26. The van der Waals surface area contributed by atoms with Crippen LogP contribution >= 0.6 is 15.9 Å². The Balaban J connectivity index is 2.43. The van der Waals surface area contributed by atoms with E-state index in [0.717, 1.165) is 30.2 Å². The molecule has 0 aliphatic rings. The van der Waals surface area contributed by atoms with Crippen molar-refractivity contribution < 1.29 is 9.90 Å². The summed E-state index contributed by atoms with van der Waals surface area (Å²) >= 11 is 3.45. The Kier molecular flexibility index (Phi) is 8.72. The van der Waals surface area contributed by atoms with Gasteiger partial charge in [0.05, 0.1) is 5.92 Å². The lowest BCUT2D eigenvalue weighted by Gasteiger charge is -2.21. The highest BCUT2D eigenvalue weighted by atomic mass is 79.9. The molecule has 4 heteroatoms. The molecule has 0 aliphatic carbocycles. The van der Waals surface area contributed by atoms with E-state index in [2.05, 4.69) is 66.3 Å². The van der Waals surface area contributed by atoms with Crippen LogP contribution in [0.2, 0.25) is 0 Å². The molecule has 0 aromatic heterocycles. The van der Waals surface area contributed by atoms with E-state index in [1.54, 1.807) is 0 Å². The smallest absolute Gasteiger partial charge is 0.307 e. The third kappa shape index (κ3) is 7.41. The lowest BCUT2D eigenvalue weighted by Crippen LogP contribution is -2.36. The minimum atomic E-state index is -0.691. The maximum atomic E-state index is 11.3.